The van der Waals surface area contributed by atoms with E-state index in [1.807, 2.05) is 19.9 Å². The number of allylic oxidation sites excluding steroid dienone is 1. The molecule has 0 saturated carbocycles. The van der Waals surface area contributed by atoms with Gasteiger partial charge in [-0.2, -0.15) is 0 Å². The molecule has 0 radical (unpaired) electrons. The minimum absolute atomic E-state index is 0.0853. The molecular formula is C12H14N2O3. The quantitative estimate of drug-likeness (QED) is 0.457. The molecule has 0 aromatic heterocycles. The van der Waals surface area contributed by atoms with E-state index in [9.17, 15) is 10.1 Å². The van der Waals surface area contributed by atoms with Gasteiger partial charge in [-0.3, -0.25) is 10.1 Å². The van der Waals surface area contributed by atoms with E-state index >= 15 is 0 Å². The molecule has 0 unspecified atom stereocenters. The normalized spacial score (nSPS) is 12.4. The van der Waals surface area contributed by atoms with Crippen molar-refractivity contribution < 1.29 is 9.76 Å². The van der Waals surface area contributed by atoms with Gasteiger partial charge in [0.1, 0.15) is 7.11 Å². The molecule has 17 heavy (non-hydrogen) atoms. The molecule has 0 amide bonds. The molecule has 0 N–H and O–H groups in total. The lowest BCUT2D eigenvalue weighted by Crippen LogP contribution is -1.94. The van der Waals surface area contributed by atoms with Crippen LogP contribution in [-0.4, -0.2) is 17.7 Å². The van der Waals surface area contributed by atoms with E-state index < -0.39 is 4.92 Å². The number of benzene rings is 1. The Labute approximate surface area is 99.5 Å². The van der Waals surface area contributed by atoms with E-state index in [2.05, 4.69) is 9.99 Å². The fraction of sp³-hybridized carbons (Fsp3) is 0.250. The molecule has 0 bridgehead atoms. The highest BCUT2D eigenvalue weighted by atomic mass is 16.6. The molecule has 0 aliphatic heterocycles. The second kappa shape index (κ2) is 5.79. The predicted molar refractivity (Wildman–Crippen MR) is 66.9 cm³/mol. The van der Waals surface area contributed by atoms with Crippen LogP contribution in [0, 0.1) is 10.1 Å². The lowest BCUT2D eigenvalue weighted by molar-refractivity contribution is -0.384. The Bertz CT molecular complexity index is 461. The molecule has 0 aliphatic carbocycles. The molecule has 5 nitrogen and oxygen atoms in total. The highest BCUT2D eigenvalue weighted by molar-refractivity contribution is 6.01. The van der Waals surface area contributed by atoms with Gasteiger partial charge in [-0.05, 0) is 37.1 Å². The smallest absolute Gasteiger partial charge is 0.269 e. The number of nitrogens with zero attached hydrogens (tertiary/aromatic N) is 2. The van der Waals surface area contributed by atoms with E-state index in [0.717, 1.165) is 16.8 Å². The van der Waals surface area contributed by atoms with Gasteiger partial charge in [-0.25, -0.2) is 0 Å². The second-order valence-electron chi connectivity index (χ2n) is 3.54. The van der Waals surface area contributed by atoms with Gasteiger partial charge < -0.3 is 4.84 Å². The van der Waals surface area contributed by atoms with Gasteiger partial charge >= 0.3 is 0 Å². The van der Waals surface area contributed by atoms with Crippen molar-refractivity contribution in [2.24, 2.45) is 5.16 Å². The second-order valence-corrected chi connectivity index (χ2v) is 3.54. The van der Waals surface area contributed by atoms with Crippen molar-refractivity contribution in [2.75, 3.05) is 7.11 Å². The van der Waals surface area contributed by atoms with Crippen LogP contribution in [0.5, 0.6) is 0 Å². The summed E-state index contributed by atoms with van der Waals surface area (Å²) in [6, 6.07) is 6.34. The molecule has 0 atom stereocenters. The minimum Gasteiger partial charge on any atom is -0.399 e. The number of hydrogen-bond donors (Lipinski definition) is 0. The monoisotopic (exact) mass is 234 g/mol. The standard InChI is InChI=1S/C12H14N2O3/c1-9(10(2)13-17-3)8-11-4-6-12(7-5-11)14(15)16/h4-8H,1-3H3. The first-order valence-electron chi connectivity index (χ1n) is 5.05. The van der Waals surface area contributed by atoms with Crippen molar-refractivity contribution in [2.45, 2.75) is 13.8 Å². The molecule has 0 fully saturated rings. The summed E-state index contributed by atoms with van der Waals surface area (Å²) in [6.07, 6.45) is 1.89. The summed E-state index contributed by atoms with van der Waals surface area (Å²) in [7, 11) is 1.49. The van der Waals surface area contributed by atoms with Crippen molar-refractivity contribution in [1.29, 1.82) is 0 Å². The molecule has 1 aromatic rings. The van der Waals surface area contributed by atoms with Crippen LogP contribution in [0.3, 0.4) is 0 Å². The maximum absolute atomic E-state index is 10.5. The molecular weight excluding hydrogens is 220 g/mol. The van der Waals surface area contributed by atoms with Gasteiger partial charge in [-0.15, -0.1) is 0 Å². The Balaban J connectivity index is 2.91. The minimum atomic E-state index is -0.419. The zero-order valence-electron chi connectivity index (χ0n) is 10.0. The molecule has 0 heterocycles. The fourth-order valence-electron chi connectivity index (χ4n) is 1.26. The molecule has 1 aromatic carbocycles. The van der Waals surface area contributed by atoms with E-state index in [1.54, 1.807) is 12.1 Å². The van der Waals surface area contributed by atoms with Crippen molar-refractivity contribution in [3.63, 3.8) is 0 Å². The van der Waals surface area contributed by atoms with E-state index in [-0.39, 0.29) is 5.69 Å². The third-order valence-corrected chi connectivity index (χ3v) is 2.29. The molecule has 5 heteroatoms. The van der Waals surface area contributed by atoms with Crippen molar-refractivity contribution >= 4 is 17.5 Å². The number of rotatable bonds is 4. The summed E-state index contributed by atoms with van der Waals surface area (Å²) >= 11 is 0. The summed E-state index contributed by atoms with van der Waals surface area (Å²) < 4.78 is 0. The van der Waals surface area contributed by atoms with Crippen molar-refractivity contribution in [3.05, 3.63) is 45.5 Å². The number of non-ortho nitro benzene ring substituents is 1. The van der Waals surface area contributed by atoms with Crippen LogP contribution in [0.1, 0.15) is 19.4 Å². The maximum atomic E-state index is 10.5. The van der Waals surface area contributed by atoms with Crippen LogP contribution in [0.25, 0.3) is 6.08 Å². The maximum Gasteiger partial charge on any atom is 0.269 e. The molecule has 90 valence electrons. The first kappa shape index (κ1) is 12.9. The van der Waals surface area contributed by atoms with Gasteiger partial charge in [0.25, 0.3) is 5.69 Å². The summed E-state index contributed by atoms with van der Waals surface area (Å²) in [5.41, 5.74) is 2.69. The van der Waals surface area contributed by atoms with Crippen LogP contribution < -0.4 is 0 Å². The third kappa shape index (κ3) is 3.71. The van der Waals surface area contributed by atoms with Crippen LogP contribution in [0.15, 0.2) is 35.0 Å². The number of nitro groups is 1. The van der Waals surface area contributed by atoms with Crippen LogP contribution in [-0.2, 0) is 4.84 Å². The average Bonchev–Trinajstić information content (AvgIpc) is 2.30. The Morgan fingerprint density at radius 1 is 1.35 bits per heavy atom. The Morgan fingerprint density at radius 3 is 2.41 bits per heavy atom. The highest BCUT2D eigenvalue weighted by Crippen LogP contribution is 2.14. The highest BCUT2D eigenvalue weighted by Gasteiger charge is 2.03. The van der Waals surface area contributed by atoms with E-state index in [4.69, 9.17) is 0 Å². The molecule has 0 saturated heterocycles. The number of nitro benzene ring substituents is 1. The van der Waals surface area contributed by atoms with Gasteiger partial charge in [0.15, 0.2) is 0 Å². The molecule has 0 aliphatic rings. The van der Waals surface area contributed by atoms with E-state index in [1.165, 1.54) is 19.2 Å². The Kier molecular flexibility index (Phi) is 4.39. The zero-order valence-corrected chi connectivity index (χ0v) is 10.0. The number of hydrogen-bond acceptors (Lipinski definition) is 4. The summed E-state index contributed by atoms with van der Waals surface area (Å²) in [6.45, 7) is 3.74. The topological polar surface area (TPSA) is 64.7 Å². The van der Waals surface area contributed by atoms with Crippen molar-refractivity contribution in [3.8, 4) is 0 Å². The summed E-state index contributed by atoms with van der Waals surface area (Å²) in [5.74, 6) is 0. The summed E-state index contributed by atoms with van der Waals surface area (Å²) in [4.78, 5) is 14.7. The lowest BCUT2D eigenvalue weighted by atomic mass is 10.1. The molecule has 1 rings (SSSR count). The fourth-order valence-corrected chi connectivity index (χ4v) is 1.26. The van der Waals surface area contributed by atoms with Gasteiger partial charge in [0.2, 0.25) is 0 Å². The Morgan fingerprint density at radius 2 is 1.94 bits per heavy atom. The van der Waals surface area contributed by atoms with Crippen LogP contribution in [0.4, 0.5) is 5.69 Å². The average molecular weight is 234 g/mol. The first-order valence-corrected chi connectivity index (χ1v) is 5.05. The third-order valence-electron chi connectivity index (χ3n) is 2.29. The van der Waals surface area contributed by atoms with Crippen LogP contribution in [0.2, 0.25) is 0 Å². The SMILES string of the molecule is CON=C(C)C(C)=Cc1ccc([N+](=O)[O-])cc1. The zero-order chi connectivity index (χ0) is 12.8. The first-order chi connectivity index (χ1) is 8.04. The van der Waals surface area contributed by atoms with Gasteiger partial charge in [-0.1, -0.05) is 11.2 Å². The van der Waals surface area contributed by atoms with Gasteiger partial charge in [0.05, 0.1) is 10.6 Å². The van der Waals surface area contributed by atoms with Gasteiger partial charge in [0, 0.05) is 12.1 Å². The largest absolute Gasteiger partial charge is 0.399 e. The number of oxime groups is 1. The van der Waals surface area contributed by atoms with Crippen molar-refractivity contribution in [1.82, 2.24) is 0 Å². The Hall–Kier alpha value is -2.17. The molecule has 0 spiro atoms. The van der Waals surface area contributed by atoms with E-state index in [0.29, 0.717) is 0 Å². The summed E-state index contributed by atoms with van der Waals surface area (Å²) in [5, 5.41) is 14.3. The lowest BCUT2D eigenvalue weighted by Gasteiger charge is -2.00. The predicted octanol–water partition coefficient (Wildman–Crippen LogP) is 3.02. The van der Waals surface area contributed by atoms with Crippen LogP contribution >= 0.6 is 0 Å².